The largest absolute Gasteiger partial charge is 0.368 e. The van der Waals surface area contributed by atoms with E-state index in [0.717, 1.165) is 12.2 Å². The Balaban J connectivity index is 3.08. The highest BCUT2D eigenvalue weighted by Crippen LogP contribution is 2.24. The first kappa shape index (κ1) is 12.5. The Hall–Kier alpha value is -1.56. The van der Waals surface area contributed by atoms with Crippen molar-refractivity contribution in [3.8, 4) is 0 Å². The molecule has 16 heavy (non-hydrogen) atoms. The van der Waals surface area contributed by atoms with Crippen LogP contribution in [0.1, 0.15) is 27.2 Å². The summed E-state index contributed by atoms with van der Waals surface area (Å²) in [6.45, 7) is 6.41. The molecule has 1 heterocycles. The van der Waals surface area contributed by atoms with Crippen molar-refractivity contribution in [1.29, 1.82) is 0 Å². The predicted octanol–water partition coefficient (Wildman–Crippen LogP) is 0.969. The maximum Gasteiger partial charge on any atom is 0.223 e. The first-order valence-electron chi connectivity index (χ1n) is 5.25. The normalized spacial score (nSPS) is 11.3. The predicted molar refractivity (Wildman–Crippen MR) is 67.0 cm³/mol. The lowest BCUT2D eigenvalue weighted by Gasteiger charge is -2.35. The lowest BCUT2D eigenvalue weighted by molar-refractivity contribution is 0.467. The standard InChI is InChI=1S/C10H20N6/c1-5-10(2,3)16(4)8-6-7(15-12)13-9(11)14-8/h6H,5,12H2,1-4H3,(H3,11,13,14,15). The summed E-state index contributed by atoms with van der Waals surface area (Å²) in [5.41, 5.74) is 8.09. The SMILES string of the molecule is CCC(C)(C)N(C)c1cc(NN)nc(N)n1. The molecule has 1 rings (SSSR count). The minimum Gasteiger partial charge on any atom is -0.368 e. The minimum atomic E-state index is 0.00661. The second kappa shape index (κ2) is 4.52. The van der Waals surface area contributed by atoms with Crippen LogP contribution in [0.3, 0.4) is 0 Å². The number of hydrogen-bond donors (Lipinski definition) is 3. The molecule has 1 aromatic heterocycles. The van der Waals surface area contributed by atoms with E-state index >= 15 is 0 Å². The maximum atomic E-state index is 5.61. The number of rotatable bonds is 4. The molecule has 0 spiro atoms. The summed E-state index contributed by atoms with van der Waals surface area (Å²) in [6.07, 6.45) is 0.999. The fraction of sp³-hybridized carbons (Fsp3) is 0.600. The summed E-state index contributed by atoms with van der Waals surface area (Å²) >= 11 is 0. The molecule has 5 N–H and O–H groups in total. The molecule has 0 atom stereocenters. The summed E-state index contributed by atoms with van der Waals surface area (Å²) in [4.78, 5) is 10.2. The zero-order valence-corrected chi connectivity index (χ0v) is 10.3. The number of nitrogens with two attached hydrogens (primary N) is 2. The van der Waals surface area contributed by atoms with Gasteiger partial charge in [-0.25, -0.2) is 5.84 Å². The number of anilines is 3. The molecule has 0 fully saturated rings. The van der Waals surface area contributed by atoms with Crippen LogP contribution in [-0.2, 0) is 0 Å². The van der Waals surface area contributed by atoms with Crippen molar-refractivity contribution >= 4 is 17.6 Å². The van der Waals surface area contributed by atoms with E-state index in [2.05, 4.69) is 41.1 Å². The highest BCUT2D eigenvalue weighted by Gasteiger charge is 2.23. The average molecular weight is 224 g/mol. The van der Waals surface area contributed by atoms with E-state index in [0.29, 0.717) is 5.82 Å². The topological polar surface area (TPSA) is 93.1 Å². The Bertz CT molecular complexity index is 362. The maximum absolute atomic E-state index is 5.61. The Morgan fingerprint density at radius 2 is 2.06 bits per heavy atom. The molecule has 0 saturated heterocycles. The van der Waals surface area contributed by atoms with Gasteiger partial charge in [-0.15, -0.1) is 0 Å². The van der Waals surface area contributed by atoms with Crippen molar-refractivity contribution < 1.29 is 0 Å². The van der Waals surface area contributed by atoms with Gasteiger partial charge in [0.05, 0.1) is 0 Å². The van der Waals surface area contributed by atoms with Gasteiger partial charge in [-0.1, -0.05) is 6.92 Å². The molecule has 0 radical (unpaired) electrons. The van der Waals surface area contributed by atoms with Gasteiger partial charge in [-0.3, -0.25) is 0 Å². The summed E-state index contributed by atoms with van der Waals surface area (Å²) in [6, 6.07) is 1.77. The van der Waals surface area contributed by atoms with Crippen LogP contribution in [0.15, 0.2) is 6.07 Å². The van der Waals surface area contributed by atoms with E-state index in [1.165, 1.54) is 0 Å². The minimum absolute atomic E-state index is 0.00661. The molecule has 90 valence electrons. The Morgan fingerprint density at radius 3 is 2.56 bits per heavy atom. The molecule has 0 aliphatic heterocycles. The summed E-state index contributed by atoms with van der Waals surface area (Å²) in [7, 11) is 1.98. The third kappa shape index (κ3) is 2.52. The van der Waals surface area contributed by atoms with Crippen LogP contribution in [0.25, 0.3) is 0 Å². The van der Waals surface area contributed by atoms with Gasteiger partial charge in [0.2, 0.25) is 5.95 Å². The lowest BCUT2D eigenvalue weighted by atomic mass is 10.0. The quantitative estimate of drug-likeness (QED) is 0.521. The third-order valence-corrected chi connectivity index (χ3v) is 2.99. The van der Waals surface area contributed by atoms with Gasteiger partial charge in [0.15, 0.2) is 0 Å². The molecule has 0 bridgehead atoms. The van der Waals surface area contributed by atoms with Crippen LogP contribution in [-0.4, -0.2) is 22.6 Å². The Morgan fingerprint density at radius 1 is 1.44 bits per heavy atom. The highest BCUT2D eigenvalue weighted by atomic mass is 15.3. The van der Waals surface area contributed by atoms with Crippen molar-refractivity contribution in [2.45, 2.75) is 32.7 Å². The number of aromatic nitrogens is 2. The van der Waals surface area contributed by atoms with Crippen molar-refractivity contribution in [2.75, 3.05) is 23.1 Å². The van der Waals surface area contributed by atoms with E-state index in [-0.39, 0.29) is 11.5 Å². The zero-order chi connectivity index (χ0) is 12.3. The molecule has 6 nitrogen and oxygen atoms in total. The molecule has 0 aliphatic rings. The van der Waals surface area contributed by atoms with Crippen LogP contribution in [0.4, 0.5) is 17.6 Å². The Labute approximate surface area is 96.0 Å². The fourth-order valence-electron chi connectivity index (χ4n) is 1.25. The molecule has 0 amide bonds. The zero-order valence-electron chi connectivity index (χ0n) is 10.3. The summed E-state index contributed by atoms with van der Waals surface area (Å²) < 4.78 is 0. The van der Waals surface area contributed by atoms with Crippen LogP contribution in [0.5, 0.6) is 0 Å². The van der Waals surface area contributed by atoms with Crippen LogP contribution in [0, 0.1) is 0 Å². The molecular weight excluding hydrogens is 204 g/mol. The van der Waals surface area contributed by atoms with Crippen LogP contribution in [0.2, 0.25) is 0 Å². The van der Waals surface area contributed by atoms with Gasteiger partial charge in [0.25, 0.3) is 0 Å². The number of hydrazine groups is 1. The van der Waals surface area contributed by atoms with E-state index in [1.807, 2.05) is 7.05 Å². The van der Waals surface area contributed by atoms with E-state index in [1.54, 1.807) is 6.07 Å². The molecule has 1 aromatic rings. The number of nitrogens with zero attached hydrogens (tertiary/aromatic N) is 3. The van der Waals surface area contributed by atoms with Gasteiger partial charge in [0, 0.05) is 18.7 Å². The van der Waals surface area contributed by atoms with Crippen molar-refractivity contribution in [2.24, 2.45) is 5.84 Å². The van der Waals surface area contributed by atoms with Gasteiger partial charge >= 0.3 is 0 Å². The first-order valence-corrected chi connectivity index (χ1v) is 5.25. The average Bonchev–Trinajstić information content (AvgIpc) is 2.27. The Kier molecular flexibility index (Phi) is 3.54. The second-order valence-corrected chi connectivity index (χ2v) is 4.34. The van der Waals surface area contributed by atoms with Crippen molar-refractivity contribution in [1.82, 2.24) is 9.97 Å². The number of nitrogen functional groups attached to an aromatic ring is 2. The van der Waals surface area contributed by atoms with Gasteiger partial charge < -0.3 is 16.1 Å². The van der Waals surface area contributed by atoms with Crippen molar-refractivity contribution in [3.05, 3.63) is 6.07 Å². The van der Waals surface area contributed by atoms with E-state index in [9.17, 15) is 0 Å². The number of nitrogens with one attached hydrogen (secondary N) is 1. The highest BCUT2D eigenvalue weighted by molar-refractivity contribution is 5.52. The van der Waals surface area contributed by atoms with Gasteiger partial charge in [-0.05, 0) is 20.3 Å². The second-order valence-electron chi connectivity index (χ2n) is 4.34. The van der Waals surface area contributed by atoms with Gasteiger partial charge in [-0.2, -0.15) is 9.97 Å². The smallest absolute Gasteiger partial charge is 0.223 e. The van der Waals surface area contributed by atoms with Crippen LogP contribution < -0.4 is 21.9 Å². The molecular formula is C10H20N6. The molecule has 0 saturated carbocycles. The lowest BCUT2D eigenvalue weighted by Crippen LogP contribution is -2.41. The third-order valence-electron chi connectivity index (χ3n) is 2.99. The van der Waals surface area contributed by atoms with E-state index < -0.39 is 0 Å². The molecule has 0 aromatic carbocycles. The fourth-order valence-corrected chi connectivity index (χ4v) is 1.25. The van der Waals surface area contributed by atoms with Crippen molar-refractivity contribution in [3.63, 3.8) is 0 Å². The van der Waals surface area contributed by atoms with E-state index in [4.69, 9.17) is 11.6 Å². The summed E-state index contributed by atoms with van der Waals surface area (Å²) in [5, 5.41) is 0. The first-order chi connectivity index (χ1) is 7.40. The number of hydrogen-bond acceptors (Lipinski definition) is 6. The van der Waals surface area contributed by atoms with Gasteiger partial charge in [0.1, 0.15) is 11.6 Å². The summed E-state index contributed by atoms with van der Waals surface area (Å²) in [5.74, 6) is 6.80. The van der Waals surface area contributed by atoms with Crippen LogP contribution >= 0.6 is 0 Å². The molecule has 0 aliphatic carbocycles. The molecule has 6 heteroatoms. The molecule has 0 unspecified atom stereocenters. The monoisotopic (exact) mass is 224 g/mol.